The molecule has 0 amide bonds. The molecule has 84 valence electrons. The minimum Gasteiger partial charge on any atom is -0.393 e. The number of nitrogens with zero attached hydrogens (tertiary/aromatic N) is 4. The Labute approximate surface area is 92.1 Å². The van der Waals surface area contributed by atoms with Crippen LogP contribution in [0.5, 0.6) is 0 Å². The summed E-state index contributed by atoms with van der Waals surface area (Å²) in [5, 5.41) is 9.53. The summed E-state index contributed by atoms with van der Waals surface area (Å²) in [4.78, 5) is 12.3. The zero-order valence-corrected chi connectivity index (χ0v) is 8.74. The minimum absolute atomic E-state index is 0.207. The lowest BCUT2D eigenvalue weighted by Crippen LogP contribution is -2.07. The summed E-state index contributed by atoms with van der Waals surface area (Å²) in [6, 6.07) is 0.272. The van der Waals surface area contributed by atoms with Crippen LogP contribution in [0.4, 0.5) is 5.82 Å². The number of aliphatic hydroxyl groups is 1. The van der Waals surface area contributed by atoms with E-state index in [2.05, 4.69) is 15.0 Å². The molecule has 2 aromatic heterocycles. The summed E-state index contributed by atoms with van der Waals surface area (Å²) in [5.74, 6) is 0.405. The molecule has 1 fully saturated rings. The van der Waals surface area contributed by atoms with Crippen LogP contribution in [0.2, 0.25) is 0 Å². The van der Waals surface area contributed by atoms with Crippen LogP contribution in [0.25, 0.3) is 11.2 Å². The molecular weight excluding hydrogens is 206 g/mol. The molecule has 2 atom stereocenters. The average molecular weight is 219 g/mol. The lowest BCUT2D eigenvalue weighted by Gasteiger charge is -2.11. The molecule has 0 radical (unpaired) electrons. The van der Waals surface area contributed by atoms with Crippen LogP contribution >= 0.6 is 0 Å². The SMILES string of the molecule is Nc1ncnc2c1ncn2[C@@H]1CC[C@H](O)C1. The van der Waals surface area contributed by atoms with Gasteiger partial charge in [0.1, 0.15) is 11.8 Å². The van der Waals surface area contributed by atoms with E-state index < -0.39 is 0 Å². The third-order valence-corrected chi connectivity index (χ3v) is 3.16. The maximum absolute atomic E-state index is 9.53. The van der Waals surface area contributed by atoms with Gasteiger partial charge in [-0.05, 0) is 19.3 Å². The Bertz CT molecular complexity index is 523. The first-order valence-electron chi connectivity index (χ1n) is 5.37. The Hall–Kier alpha value is -1.69. The van der Waals surface area contributed by atoms with Crippen LogP contribution in [0, 0.1) is 0 Å². The van der Waals surface area contributed by atoms with Crippen molar-refractivity contribution in [1.82, 2.24) is 19.5 Å². The molecule has 6 nitrogen and oxygen atoms in total. The second-order valence-electron chi connectivity index (χ2n) is 4.20. The molecule has 0 aliphatic heterocycles. The standard InChI is InChI=1S/C10H13N5O/c11-9-8-10(13-4-12-9)15(5-14-8)6-1-2-7(16)3-6/h4-7,16H,1-3H2,(H2,11,12,13)/t6-,7+/m1/s1. The molecule has 3 N–H and O–H groups in total. The number of hydrogen-bond acceptors (Lipinski definition) is 5. The zero-order chi connectivity index (χ0) is 11.1. The number of rotatable bonds is 1. The number of anilines is 1. The Kier molecular flexibility index (Phi) is 2.03. The van der Waals surface area contributed by atoms with Gasteiger partial charge in [-0.25, -0.2) is 15.0 Å². The first kappa shape index (κ1) is 9.53. The van der Waals surface area contributed by atoms with E-state index in [0.29, 0.717) is 11.3 Å². The van der Waals surface area contributed by atoms with Crippen LogP contribution in [0.3, 0.4) is 0 Å². The van der Waals surface area contributed by atoms with Crippen LogP contribution in [0.15, 0.2) is 12.7 Å². The number of nitrogen functional groups attached to an aromatic ring is 1. The Morgan fingerprint density at radius 1 is 1.31 bits per heavy atom. The molecule has 0 spiro atoms. The quantitative estimate of drug-likeness (QED) is 0.728. The van der Waals surface area contributed by atoms with Crippen molar-refractivity contribution >= 4 is 17.0 Å². The number of fused-ring (bicyclic) bond motifs is 1. The summed E-state index contributed by atoms with van der Waals surface area (Å²) >= 11 is 0. The summed E-state index contributed by atoms with van der Waals surface area (Å²) in [5.41, 5.74) is 7.12. The highest BCUT2D eigenvalue weighted by Crippen LogP contribution is 2.32. The smallest absolute Gasteiger partial charge is 0.165 e. The van der Waals surface area contributed by atoms with Crippen LogP contribution in [-0.4, -0.2) is 30.7 Å². The second-order valence-corrected chi connectivity index (χ2v) is 4.20. The third-order valence-electron chi connectivity index (χ3n) is 3.16. The second kappa shape index (κ2) is 3.41. The van der Waals surface area contributed by atoms with Gasteiger partial charge in [-0.3, -0.25) is 0 Å². The number of hydrogen-bond donors (Lipinski definition) is 2. The van der Waals surface area contributed by atoms with E-state index in [1.807, 2.05) is 4.57 Å². The molecule has 0 unspecified atom stereocenters. The molecule has 2 aromatic rings. The van der Waals surface area contributed by atoms with Crippen molar-refractivity contribution in [2.45, 2.75) is 31.4 Å². The average Bonchev–Trinajstić information content (AvgIpc) is 2.84. The van der Waals surface area contributed by atoms with Crippen molar-refractivity contribution < 1.29 is 5.11 Å². The molecule has 0 saturated heterocycles. The van der Waals surface area contributed by atoms with Gasteiger partial charge in [0.15, 0.2) is 11.5 Å². The molecule has 0 aromatic carbocycles. The lowest BCUT2D eigenvalue weighted by atomic mass is 10.2. The molecule has 0 bridgehead atoms. The highest BCUT2D eigenvalue weighted by Gasteiger charge is 2.25. The number of aromatic nitrogens is 4. The van der Waals surface area contributed by atoms with Crippen molar-refractivity contribution in [2.75, 3.05) is 5.73 Å². The number of aliphatic hydroxyl groups excluding tert-OH is 1. The van der Waals surface area contributed by atoms with Crippen molar-refractivity contribution in [3.05, 3.63) is 12.7 Å². The fraction of sp³-hybridized carbons (Fsp3) is 0.500. The van der Waals surface area contributed by atoms with Gasteiger partial charge in [0.25, 0.3) is 0 Å². The predicted molar refractivity (Wildman–Crippen MR) is 58.6 cm³/mol. The maximum Gasteiger partial charge on any atom is 0.165 e. The number of nitrogens with two attached hydrogens (primary N) is 1. The lowest BCUT2D eigenvalue weighted by molar-refractivity contribution is 0.178. The van der Waals surface area contributed by atoms with Gasteiger partial charge in [0.05, 0.1) is 12.4 Å². The molecule has 6 heteroatoms. The monoisotopic (exact) mass is 219 g/mol. The molecular formula is C10H13N5O. The van der Waals surface area contributed by atoms with E-state index in [1.165, 1.54) is 6.33 Å². The summed E-state index contributed by atoms with van der Waals surface area (Å²) in [6.07, 6.45) is 5.53. The Balaban J connectivity index is 2.08. The van der Waals surface area contributed by atoms with E-state index in [4.69, 9.17) is 5.73 Å². The third kappa shape index (κ3) is 1.34. The van der Waals surface area contributed by atoms with E-state index in [-0.39, 0.29) is 12.1 Å². The number of imidazole rings is 1. The van der Waals surface area contributed by atoms with Crippen molar-refractivity contribution in [3.8, 4) is 0 Å². The highest BCUT2D eigenvalue weighted by molar-refractivity contribution is 5.81. The van der Waals surface area contributed by atoms with Gasteiger partial charge in [-0.2, -0.15) is 0 Å². The van der Waals surface area contributed by atoms with E-state index in [9.17, 15) is 5.11 Å². The first-order valence-corrected chi connectivity index (χ1v) is 5.37. The van der Waals surface area contributed by atoms with Gasteiger partial charge in [0.2, 0.25) is 0 Å². The zero-order valence-electron chi connectivity index (χ0n) is 8.74. The highest BCUT2D eigenvalue weighted by atomic mass is 16.3. The normalized spacial score (nSPS) is 25.3. The van der Waals surface area contributed by atoms with Crippen molar-refractivity contribution in [3.63, 3.8) is 0 Å². The Morgan fingerprint density at radius 2 is 2.19 bits per heavy atom. The molecule has 16 heavy (non-hydrogen) atoms. The summed E-state index contributed by atoms with van der Waals surface area (Å²) in [7, 11) is 0. The first-order chi connectivity index (χ1) is 7.75. The predicted octanol–water partition coefficient (Wildman–Crippen LogP) is 0.494. The molecule has 1 saturated carbocycles. The van der Waals surface area contributed by atoms with Gasteiger partial charge >= 0.3 is 0 Å². The summed E-state index contributed by atoms with van der Waals surface area (Å²) in [6.45, 7) is 0. The fourth-order valence-electron chi connectivity index (χ4n) is 2.32. The van der Waals surface area contributed by atoms with Crippen LogP contribution < -0.4 is 5.73 Å². The summed E-state index contributed by atoms with van der Waals surface area (Å²) < 4.78 is 1.99. The van der Waals surface area contributed by atoms with Gasteiger partial charge < -0.3 is 15.4 Å². The molecule has 1 aliphatic rings. The molecule has 2 heterocycles. The largest absolute Gasteiger partial charge is 0.393 e. The topological polar surface area (TPSA) is 89.9 Å². The van der Waals surface area contributed by atoms with Crippen molar-refractivity contribution in [1.29, 1.82) is 0 Å². The van der Waals surface area contributed by atoms with E-state index in [1.54, 1.807) is 6.33 Å². The van der Waals surface area contributed by atoms with Gasteiger partial charge in [-0.15, -0.1) is 0 Å². The maximum atomic E-state index is 9.53. The Morgan fingerprint density at radius 3 is 2.94 bits per heavy atom. The molecule has 1 aliphatic carbocycles. The fourth-order valence-corrected chi connectivity index (χ4v) is 2.32. The van der Waals surface area contributed by atoms with Crippen molar-refractivity contribution in [2.24, 2.45) is 0 Å². The van der Waals surface area contributed by atoms with Crippen LogP contribution in [0.1, 0.15) is 25.3 Å². The van der Waals surface area contributed by atoms with Gasteiger partial charge in [-0.1, -0.05) is 0 Å². The molecule has 3 rings (SSSR count). The van der Waals surface area contributed by atoms with Crippen LogP contribution in [-0.2, 0) is 0 Å². The van der Waals surface area contributed by atoms with E-state index in [0.717, 1.165) is 24.9 Å². The van der Waals surface area contributed by atoms with Gasteiger partial charge in [0, 0.05) is 6.04 Å². The van der Waals surface area contributed by atoms with E-state index >= 15 is 0 Å². The minimum atomic E-state index is -0.207.